The molecular weight excluding hydrogens is 324 g/mol. The van der Waals surface area contributed by atoms with Gasteiger partial charge in [-0.05, 0) is 49.4 Å². The zero-order valence-corrected chi connectivity index (χ0v) is 13.3. The van der Waals surface area contributed by atoms with Gasteiger partial charge in [0.25, 0.3) is 0 Å². The summed E-state index contributed by atoms with van der Waals surface area (Å²) in [6.07, 6.45) is 2.68. The van der Waals surface area contributed by atoms with Crippen LogP contribution in [0.1, 0.15) is 22.9 Å². The number of rotatable bonds is 4. The molecule has 0 saturated carbocycles. The van der Waals surface area contributed by atoms with Crippen molar-refractivity contribution in [2.75, 3.05) is 7.05 Å². The summed E-state index contributed by atoms with van der Waals surface area (Å²) in [5.41, 5.74) is 3.48. The molecule has 0 spiro atoms. The molecule has 2 nitrogen and oxygen atoms in total. The van der Waals surface area contributed by atoms with E-state index in [1.165, 1.54) is 5.56 Å². The number of hydrogen-bond donors (Lipinski definition) is 1. The number of hydrogen-bond acceptors (Lipinski definition) is 2. The van der Waals surface area contributed by atoms with Crippen molar-refractivity contribution in [1.82, 2.24) is 10.3 Å². The van der Waals surface area contributed by atoms with Crippen LogP contribution in [0.15, 0.2) is 41.0 Å². The van der Waals surface area contributed by atoms with E-state index >= 15 is 0 Å². The summed E-state index contributed by atoms with van der Waals surface area (Å²) < 4.78 is 0.994. The molecule has 100 valence electrons. The Morgan fingerprint density at radius 2 is 2.16 bits per heavy atom. The maximum atomic E-state index is 6.11. The third kappa shape index (κ3) is 3.78. The van der Waals surface area contributed by atoms with Gasteiger partial charge in [0.1, 0.15) is 0 Å². The molecule has 1 atom stereocenters. The van der Waals surface area contributed by atoms with Crippen LogP contribution in [0.4, 0.5) is 0 Å². The number of likely N-dealkylation sites (N-methyl/N-ethyl adjacent to an activating group) is 1. The number of halogens is 2. The largest absolute Gasteiger partial charge is 0.313 e. The molecule has 0 bridgehead atoms. The van der Waals surface area contributed by atoms with E-state index < -0.39 is 0 Å². The minimum absolute atomic E-state index is 0.198. The third-order valence-corrected chi connectivity index (χ3v) is 3.83. The van der Waals surface area contributed by atoms with Gasteiger partial charge in [0.2, 0.25) is 0 Å². The highest BCUT2D eigenvalue weighted by Gasteiger charge is 2.13. The maximum Gasteiger partial charge on any atom is 0.0451 e. The Hall–Kier alpha value is -0.900. The van der Waals surface area contributed by atoms with Crippen LogP contribution < -0.4 is 5.32 Å². The first-order valence-corrected chi connectivity index (χ1v) is 7.31. The summed E-state index contributed by atoms with van der Waals surface area (Å²) in [5, 5.41) is 4.07. The van der Waals surface area contributed by atoms with Gasteiger partial charge in [0, 0.05) is 33.8 Å². The molecule has 1 aromatic carbocycles. The first kappa shape index (κ1) is 14.5. The highest BCUT2D eigenvalue weighted by Crippen LogP contribution is 2.26. The number of benzene rings is 1. The number of pyridine rings is 1. The van der Waals surface area contributed by atoms with Gasteiger partial charge >= 0.3 is 0 Å². The SMILES string of the molecule is CNC(Cc1ncccc1C)c1cc(Cl)cc(Br)c1. The molecule has 2 rings (SSSR count). The Labute approximate surface area is 127 Å². The Bertz CT molecular complexity index is 552. The lowest BCUT2D eigenvalue weighted by Crippen LogP contribution is -2.19. The van der Waals surface area contributed by atoms with E-state index in [1.54, 1.807) is 0 Å². The molecule has 0 aliphatic heterocycles. The van der Waals surface area contributed by atoms with E-state index in [4.69, 9.17) is 11.6 Å². The molecule has 0 aliphatic carbocycles. The van der Waals surface area contributed by atoms with Crippen LogP contribution in [0, 0.1) is 6.92 Å². The fourth-order valence-electron chi connectivity index (χ4n) is 2.09. The Balaban J connectivity index is 2.28. The Kier molecular flexibility index (Phi) is 4.97. The fourth-order valence-corrected chi connectivity index (χ4v) is 2.97. The van der Waals surface area contributed by atoms with Crippen LogP contribution in [-0.2, 0) is 6.42 Å². The normalized spacial score (nSPS) is 12.4. The third-order valence-electron chi connectivity index (χ3n) is 3.15. The molecule has 1 N–H and O–H groups in total. The van der Waals surface area contributed by atoms with Crippen molar-refractivity contribution in [1.29, 1.82) is 0 Å². The molecule has 1 heterocycles. The minimum Gasteiger partial charge on any atom is -0.313 e. The van der Waals surface area contributed by atoms with Gasteiger partial charge in [0.05, 0.1) is 0 Å². The summed E-state index contributed by atoms with van der Waals surface area (Å²) in [5.74, 6) is 0. The second kappa shape index (κ2) is 6.51. The van der Waals surface area contributed by atoms with E-state index in [-0.39, 0.29) is 6.04 Å². The number of aromatic nitrogens is 1. The summed E-state index contributed by atoms with van der Waals surface area (Å²) in [6, 6.07) is 10.2. The average molecular weight is 340 g/mol. The Morgan fingerprint density at radius 1 is 1.37 bits per heavy atom. The maximum absolute atomic E-state index is 6.11. The van der Waals surface area contributed by atoms with Gasteiger partial charge in [-0.2, -0.15) is 0 Å². The molecule has 4 heteroatoms. The zero-order chi connectivity index (χ0) is 13.8. The van der Waals surface area contributed by atoms with Gasteiger partial charge in [-0.25, -0.2) is 0 Å². The van der Waals surface area contributed by atoms with Crippen molar-refractivity contribution in [3.63, 3.8) is 0 Å². The van der Waals surface area contributed by atoms with Crippen LogP contribution in [0.2, 0.25) is 5.02 Å². The van der Waals surface area contributed by atoms with Crippen molar-refractivity contribution in [2.24, 2.45) is 0 Å². The lowest BCUT2D eigenvalue weighted by atomic mass is 10.00. The molecule has 1 aromatic heterocycles. The molecule has 1 unspecified atom stereocenters. The monoisotopic (exact) mass is 338 g/mol. The molecule has 0 saturated heterocycles. The summed E-state index contributed by atoms with van der Waals surface area (Å²) >= 11 is 9.59. The summed E-state index contributed by atoms with van der Waals surface area (Å²) in [7, 11) is 1.96. The van der Waals surface area contributed by atoms with Gasteiger partial charge in [-0.15, -0.1) is 0 Å². The van der Waals surface area contributed by atoms with Gasteiger partial charge in [-0.1, -0.05) is 33.6 Å². The predicted molar refractivity (Wildman–Crippen MR) is 83.6 cm³/mol. The fraction of sp³-hybridized carbons (Fsp3) is 0.267. The van der Waals surface area contributed by atoms with Crippen LogP contribution in [0.25, 0.3) is 0 Å². The van der Waals surface area contributed by atoms with Gasteiger partial charge < -0.3 is 5.32 Å². The molecular formula is C15H16BrClN2. The highest BCUT2D eigenvalue weighted by atomic mass is 79.9. The van der Waals surface area contributed by atoms with E-state index in [0.717, 1.165) is 27.2 Å². The second-order valence-electron chi connectivity index (χ2n) is 4.52. The van der Waals surface area contributed by atoms with Crippen molar-refractivity contribution in [3.8, 4) is 0 Å². The molecule has 19 heavy (non-hydrogen) atoms. The van der Waals surface area contributed by atoms with E-state index in [1.807, 2.05) is 31.4 Å². The van der Waals surface area contributed by atoms with E-state index in [9.17, 15) is 0 Å². The van der Waals surface area contributed by atoms with Gasteiger partial charge in [0.15, 0.2) is 0 Å². The lowest BCUT2D eigenvalue weighted by Gasteiger charge is -2.18. The van der Waals surface area contributed by atoms with Crippen LogP contribution in [0.5, 0.6) is 0 Å². The standard InChI is InChI=1S/C15H16BrClN2/c1-10-4-3-5-19-14(10)9-15(18-2)11-6-12(16)8-13(17)7-11/h3-8,15,18H,9H2,1-2H3. The highest BCUT2D eigenvalue weighted by molar-refractivity contribution is 9.10. The van der Waals surface area contributed by atoms with E-state index in [0.29, 0.717) is 0 Å². The lowest BCUT2D eigenvalue weighted by molar-refractivity contribution is 0.582. The quantitative estimate of drug-likeness (QED) is 0.898. The number of nitrogens with zero attached hydrogens (tertiary/aromatic N) is 1. The molecule has 0 amide bonds. The molecule has 0 aliphatic rings. The zero-order valence-electron chi connectivity index (χ0n) is 11.0. The topological polar surface area (TPSA) is 24.9 Å². The second-order valence-corrected chi connectivity index (χ2v) is 5.87. The predicted octanol–water partition coefficient (Wildman–Crippen LogP) is 4.31. The summed E-state index contributed by atoms with van der Waals surface area (Å²) in [6.45, 7) is 2.09. The molecule has 2 aromatic rings. The first-order chi connectivity index (χ1) is 9.10. The molecule has 0 fully saturated rings. The van der Waals surface area contributed by atoms with Crippen molar-refractivity contribution in [3.05, 3.63) is 62.8 Å². The smallest absolute Gasteiger partial charge is 0.0451 e. The van der Waals surface area contributed by atoms with E-state index in [2.05, 4.69) is 45.3 Å². The first-order valence-electron chi connectivity index (χ1n) is 6.14. The minimum atomic E-state index is 0.198. The molecule has 0 radical (unpaired) electrons. The number of nitrogens with one attached hydrogen (secondary N) is 1. The van der Waals surface area contributed by atoms with Crippen LogP contribution >= 0.6 is 27.5 Å². The summed E-state index contributed by atoms with van der Waals surface area (Å²) in [4.78, 5) is 4.45. The number of aryl methyl sites for hydroxylation is 1. The van der Waals surface area contributed by atoms with Crippen molar-refractivity contribution < 1.29 is 0 Å². The van der Waals surface area contributed by atoms with Crippen molar-refractivity contribution in [2.45, 2.75) is 19.4 Å². The van der Waals surface area contributed by atoms with Gasteiger partial charge in [-0.3, -0.25) is 4.98 Å². The average Bonchev–Trinajstić information content (AvgIpc) is 2.36. The van der Waals surface area contributed by atoms with Crippen molar-refractivity contribution >= 4 is 27.5 Å². The van der Waals surface area contributed by atoms with Crippen LogP contribution in [0.3, 0.4) is 0 Å². The van der Waals surface area contributed by atoms with Crippen LogP contribution in [-0.4, -0.2) is 12.0 Å². The Morgan fingerprint density at radius 3 is 2.79 bits per heavy atom.